The third kappa shape index (κ3) is 3.60. The summed E-state index contributed by atoms with van der Waals surface area (Å²) >= 11 is 3.42. The summed E-state index contributed by atoms with van der Waals surface area (Å²) in [5.41, 5.74) is 0.729. The second kappa shape index (κ2) is 6.57. The minimum absolute atomic E-state index is 0.0572. The molecule has 2 heterocycles. The Balaban J connectivity index is 2.01. The fraction of sp³-hybridized carbons (Fsp3) is 0.643. The molecule has 2 rings (SSSR count). The normalized spacial score (nSPS) is 19.4. The van der Waals surface area contributed by atoms with Crippen LogP contribution in [0.3, 0.4) is 0 Å². The number of aryl methyl sites for hydroxylation is 1. The lowest BCUT2D eigenvalue weighted by atomic mass is 10.1. The molecule has 4 nitrogen and oxygen atoms in total. The molecule has 0 aromatic carbocycles. The second-order valence-corrected chi connectivity index (χ2v) is 5.92. The summed E-state index contributed by atoms with van der Waals surface area (Å²) in [7, 11) is 1.85. The molecule has 0 spiro atoms. The number of rotatable bonds is 4. The first kappa shape index (κ1) is 14.6. The molecule has 5 heteroatoms. The smallest absolute Gasteiger partial charge is 0.270 e. The number of hydrogen-bond donors (Lipinski definition) is 0. The second-order valence-electron chi connectivity index (χ2n) is 5.00. The Morgan fingerprint density at radius 2 is 2.37 bits per heavy atom. The Kier molecular flexibility index (Phi) is 5.05. The Labute approximate surface area is 122 Å². The molecule has 1 fully saturated rings. The molecular formula is C14H21BrN2O2. The van der Waals surface area contributed by atoms with Gasteiger partial charge in [0, 0.05) is 37.4 Å². The monoisotopic (exact) mass is 328 g/mol. The topological polar surface area (TPSA) is 34.5 Å². The number of carbonyl (C=O) groups excluding carboxylic acids is 1. The number of carbonyl (C=O) groups is 1. The van der Waals surface area contributed by atoms with Crippen LogP contribution in [0.1, 0.15) is 36.7 Å². The van der Waals surface area contributed by atoms with E-state index in [-0.39, 0.29) is 12.0 Å². The van der Waals surface area contributed by atoms with E-state index < -0.39 is 0 Å². The summed E-state index contributed by atoms with van der Waals surface area (Å²) in [6.07, 6.45) is 5.52. The van der Waals surface area contributed by atoms with Crippen molar-refractivity contribution in [1.82, 2.24) is 9.47 Å². The van der Waals surface area contributed by atoms with Crippen molar-refractivity contribution in [2.75, 3.05) is 20.2 Å². The third-order valence-electron chi connectivity index (χ3n) is 3.52. The Hall–Kier alpha value is -0.810. The highest BCUT2D eigenvalue weighted by atomic mass is 79.9. The molecule has 1 aliphatic heterocycles. The van der Waals surface area contributed by atoms with Crippen molar-refractivity contribution < 1.29 is 9.53 Å². The number of amides is 1. The van der Waals surface area contributed by atoms with Crippen molar-refractivity contribution in [3.8, 4) is 0 Å². The van der Waals surface area contributed by atoms with Gasteiger partial charge in [0.05, 0.1) is 6.10 Å². The van der Waals surface area contributed by atoms with Gasteiger partial charge in [-0.1, -0.05) is 0 Å². The highest BCUT2D eigenvalue weighted by Gasteiger charge is 2.21. The van der Waals surface area contributed by atoms with Crippen LogP contribution in [-0.2, 0) is 11.3 Å². The first-order valence-corrected chi connectivity index (χ1v) is 7.64. The number of ether oxygens (including phenoxy) is 1. The zero-order valence-electron chi connectivity index (χ0n) is 11.6. The summed E-state index contributed by atoms with van der Waals surface area (Å²) in [4.78, 5) is 14.2. The Morgan fingerprint density at radius 3 is 3.00 bits per heavy atom. The molecule has 1 saturated heterocycles. The third-order valence-corrected chi connectivity index (χ3v) is 3.95. The van der Waals surface area contributed by atoms with Crippen molar-refractivity contribution in [3.05, 3.63) is 22.4 Å². The lowest BCUT2D eigenvalue weighted by Gasteiger charge is -2.27. The van der Waals surface area contributed by atoms with Gasteiger partial charge in [-0.25, -0.2) is 0 Å². The maximum absolute atomic E-state index is 12.4. The van der Waals surface area contributed by atoms with Gasteiger partial charge >= 0.3 is 0 Å². The molecular weight excluding hydrogens is 308 g/mol. The zero-order chi connectivity index (χ0) is 13.8. The quantitative estimate of drug-likeness (QED) is 0.851. The number of halogens is 1. The highest BCUT2D eigenvalue weighted by molar-refractivity contribution is 9.10. The molecule has 0 aliphatic carbocycles. The van der Waals surface area contributed by atoms with Crippen LogP contribution in [0.25, 0.3) is 0 Å². The number of aromatic nitrogens is 1. The summed E-state index contributed by atoms with van der Waals surface area (Å²) in [6.45, 7) is 4.32. The van der Waals surface area contributed by atoms with Crippen LogP contribution < -0.4 is 0 Å². The van der Waals surface area contributed by atoms with Gasteiger partial charge in [0.25, 0.3) is 5.91 Å². The van der Waals surface area contributed by atoms with Crippen LogP contribution >= 0.6 is 15.9 Å². The van der Waals surface area contributed by atoms with Gasteiger partial charge in [0.2, 0.25) is 0 Å². The molecule has 106 valence electrons. The van der Waals surface area contributed by atoms with Crippen molar-refractivity contribution in [3.63, 3.8) is 0 Å². The first-order valence-electron chi connectivity index (χ1n) is 6.84. The molecule has 1 unspecified atom stereocenters. The first-order chi connectivity index (χ1) is 9.11. The lowest BCUT2D eigenvalue weighted by Crippen LogP contribution is -2.37. The number of likely N-dealkylation sites (N-methyl/N-ethyl adjacent to an activating group) is 1. The van der Waals surface area contributed by atoms with Crippen molar-refractivity contribution in [1.29, 1.82) is 0 Å². The fourth-order valence-corrected chi connectivity index (χ4v) is 2.91. The zero-order valence-corrected chi connectivity index (χ0v) is 13.1. The lowest BCUT2D eigenvalue weighted by molar-refractivity contribution is -0.000370. The van der Waals surface area contributed by atoms with E-state index >= 15 is 0 Å². The maximum Gasteiger partial charge on any atom is 0.270 e. The van der Waals surface area contributed by atoms with Crippen molar-refractivity contribution in [2.45, 2.75) is 38.8 Å². The molecule has 0 N–H and O–H groups in total. The SMILES string of the molecule is CCn1cc(Br)cc1C(=O)N(C)CC1CCCCO1. The van der Waals surface area contributed by atoms with E-state index in [1.807, 2.05) is 30.8 Å². The van der Waals surface area contributed by atoms with E-state index in [1.165, 1.54) is 6.42 Å². The van der Waals surface area contributed by atoms with Gasteiger partial charge in [0.1, 0.15) is 5.69 Å². The van der Waals surface area contributed by atoms with E-state index in [0.717, 1.165) is 36.2 Å². The Morgan fingerprint density at radius 1 is 1.58 bits per heavy atom. The van der Waals surface area contributed by atoms with Crippen molar-refractivity contribution in [2.24, 2.45) is 0 Å². The van der Waals surface area contributed by atoms with Crippen molar-refractivity contribution >= 4 is 21.8 Å². The summed E-state index contributed by atoms with van der Waals surface area (Å²) < 4.78 is 8.59. The molecule has 1 aromatic rings. The molecule has 1 atom stereocenters. The van der Waals surface area contributed by atoms with Gasteiger partial charge in [-0.05, 0) is 48.2 Å². The average molecular weight is 329 g/mol. The van der Waals surface area contributed by atoms with Gasteiger partial charge in [-0.3, -0.25) is 4.79 Å². The standard InChI is InChI=1S/C14H21BrN2O2/c1-3-17-9-11(15)8-13(17)14(18)16(2)10-12-6-4-5-7-19-12/h8-9,12H,3-7,10H2,1-2H3. The van der Waals surface area contributed by atoms with Crippen LogP contribution in [-0.4, -0.2) is 41.7 Å². The number of nitrogens with zero attached hydrogens (tertiary/aromatic N) is 2. The minimum Gasteiger partial charge on any atom is -0.376 e. The van der Waals surface area contributed by atoms with Crippen LogP contribution in [0, 0.1) is 0 Å². The van der Waals surface area contributed by atoms with Gasteiger partial charge in [-0.2, -0.15) is 0 Å². The summed E-state index contributed by atoms with van der Waals surface area (Å²) in [5, 5.41) is 0. The molecule has 1 aromatic heterocycles. The molecule has 1 amide bonds. The number of hydrogen-bond acceptors (Lipinski definition) is 2. The largest absolute Gasteiger partial charge is 0.376 e. The molecule has 0 radical (unpaired) electrons. The van der Waals surface area contributed by atoms with Gasteiger partial charge < -0.3 is 14.2 Å². The predicted molar refractivity (Wildman–Crippen MR) is 78.4 cm³/mol. The van der Waals surface area contributed by atoms with E-state index in [2.05, 4.69) is 15.9 Å². The molecule has 0 bridgehead atoms. The van der Waals surface area contributed by atoms with Gasteiger partial charge in [0.15, 0.2) is 0 Å². The van der Waals surface area contributed by atoms with Crippen LogP contribution in [0.5, 0.6) is 0 Å². The van der Waals surface area contributed by atoms with Gasteiger partial charge in [-0.15, -0.1) is 0 Å². The van der Waals surface area contributed by atoms with Crippen LogP contribution in [0.15, 0.2) is 16.7 Å². The fourth-order valence-electron chi connectivity index (χ4n) is 2.45. The molecule has 0 saturated carbocycles. The molecule has 1 aliphatic rings. The average Bonchev–Trinajstić information content (AvgIpc) is 2.80. The summed E-state index contributed by atoms with van der Waals surface area (Å²) in [5.74, 6) is 0.0572. The minimum atomic E-state index is 0.0572. The molecule has 19 heavy (non-hydrogen) atoms. The van der Waals surface area contributed by atoms with E-state index in [1.54, 1.807) is 4.90 Å². The van der Waals surface area contributed by atoms with E-state index in [0.29, 0.717) is 6.54 Å². The maximum atomic E-state index is 12.4. The summed E-state index contributed by atoms with van der Waals surface area (Å²) in [6, 6.07) is 1.88. The predicted octanol–water partition coefficient (Wildman–Crippen LogP) is 2.91. The highest BCUT2D eigenvalue weighted by Crippen LogP contribution is 2.18. The van der Waals surface area contributed by atoms with E-state index in [4.69, 9.17) is 4.74 Å². The van der Waals surface area contributed by atoms with E-state index in [9.17, 15) is 4.79 Å². The van der Waals surface area contributed by atoms with Crippen LogP contribution in [0.4, 0.5) is 0 Å². The van der Waals surface area contributed by atoms with Crippen LogP contribution in [0.2, 0.25) is 0 Å². The Bertz CT molecular complexity index is 439.